The average molecular weight is 204 g/mol. The minimum atomic E-state index is 0.102. The molecule has 0 aromatic carbocycles. The first-order chi connectivity index (χ1) is 7.03. The molecule has 0 N–H and O–H groups in total. The fraction of sp³-hybridized carbons (Fsp3) is 0.615. The quantitative estimate of drug-likeness (QED) is 0.641. The second kappa shape index (κ2) is 3.51. The summed E-state index contributed by atoms with van der Waals surface area (Å²) in [5.74, 6) is 1.75. The molecule has 0 fully saturated rings. The van der Waals surface area contributed by atoms with Crippen LogP contribution in [0.3, 0.4) is 0 Å². The van der Waals surface area contributed by atoms with E-state index in [4.69, 9.17) is 0 Å². The van der Waals surface area contributed by atoms with Crippen molar-refractivity contribution < 1.29 is 0 Å². The molecular weight excluding hydrogens is 184 g/mol. The second-order valence-corrected chi connectivity index (χ2v) is 5.13. The number of aliphatic imine (C=N–C) groups is 1. The van der Waals surface area contributed by atoms with Crippen molar-refractivity contribution >= 4 is 6.21 Å². The van der Waals surface area contributed by atoms with Gasteiger partial charge in [0.15, 0.2) is 0 Å². The molecule has 0 amide bonds. The van der Waals surface area contributed by atoms with Gasteiger partial charge in [0.2, 0.25) is 0 Å². The molecule has 0 spiro atoms. The minimum absolute atomic E-state index is 0.102. The maximum Gasteiger partial charge on any atom is 0.131 e. The summed E-state index contributed by atoms with van der Waals surface area (Å²) in [5, 5.41) is 0. The molecule has 2 aliphatic heterocycles. The second-order valence-electron chi connectivity index (χ2n) is 5.13. The van der Waals surface area contributed by atoms with Crippen LogP contribution in [0.1, 0.15) is 27.2 Å². The Morgan fingerprint density at radius 1 is 1.47 bits per heavy atom. The normalized spacial score (nSPS) is 30.1. The molecule has 0 saturated carbocycles. The molecule has 1 unspecified atom stereocenters. The van der Waals surface area contributed by atoms with Crippen LogP contribution in [0.25, 0.3) is 0 Å². The van der Waals surface area contributed by atoms with Gasteiger partial charge in [0, 0.05) is 25.2 Å². The molecule has 1 atom stereocenters. The molecule has 82 valence electrons. The fourth-order valence-electron chi connectivity index (χ4n) is 1.96. The van der Waals surface area contributed by atoms with Crippen molar-refractivity contribution in [2.45, 2.75) is 27.2 Å². The summed E-state index contributed by atoms with van der Waals surface area (Å²) >= 11 is 0. The summed E-state index contributed by atoms with van der Waals surface area (Å²) in [7, 11) is 2.12. The van der Waals surface area contributed by atoms with E-state index in [9.17, 15) is 0 Å². The fourth-order valence-corrected chi connectivity index (χ4v) is 1.96. The predicted octanol–water partition coefficient (Wildman–Crippen LogP) is 2.84. The lowest BCUT2D eigenvalue weighted by molar-refractivity contribution is 0.418. The Labute approximate surface area is 92.4 Å². The lowest BCUT2D eigenvalue weighted by atomic mass is 9.80. The smallest absolute Gasteiger partial charge is 0.131 e. The number of nitrogens with zero attached hydrogens (tertiary/aromatic N) is 2. The largest absolute Gasteiger partial charge is 0.359 e. The Hall–Kier alpha value is -1.05. The molecule has 2 rings (SSSR count). The van der Waals surface area contributed by atoms with Crippen molar-refractivity contribution in [3.05, 3.63) is 23.5 Å². The monoisotopic (exact) mass is 204 g/mol. The summed E-state index contributed by atoms with van der Waals surface area (Å²) in [6, 6.07) is 0. The Morgan fingerprint density at radius 3 is 2.87 bits per heavy atom. The Kier molecular flexibility index (Phi) is 2.45. The lowest BCUT2D eigenvalue weighted by Crippen LogP contribution is -2.22. The van der Waals surface area contributed by atoms with Gasteiger partial charge in [-0.25, -0.2) is 4.99 Å². The molecule has 0 aromatic rings. The van der Waals surface area contributed by atoms with Gasteiger partial charge in [-0.1, -0.05) is 32.9 Å². The Balaban J connectivity index is 2.33. The molecule has 2 heterocycles. The highest BCUT2D eigenvalue weighted by Crippen LogP contribution is 2.33. The van der Waals surface area contributed by atoms with Gasteiger partial charge in [-0.05, 0) is 17.9 Å². The molecule has 2 nitrogen and oxygen atoms in total. The van der Waals surface area contributed by atoms with Gasteiger partial charge in [0.25, 0.3) is 0 Å². The maximum atomic E-state index is 4.66. The first-order valence-corrected chi connectivity index (χ1v) is 5.72. The number of hydrogen-bond acceptors (Lipinski definition) is 2. The SMILES string of the molecule is CC(C)C1(C)C=CC2=C(N=C1)N(C)CC2. The first kappa shape index (κ1) is 10.5. The number of allylic oxidation sites excluding steroid dienone is 2. The highest BCUT2D eigenvalue weighted by atomic mass is 15.2. The first-order valence-electron chi connectivity index (χ1n) is 5.72. The van der Waals surface area contributed by atoms with Crippen LogP contribution in [0.15, 0.2) is 28.5 Å². The van der Waals surface area contributed by atoms with E-state index in [1.807, 2.05) is 0 Å². The van der Waals surface area contributed by atoms with Crippen molar-refractivity contribution in [3.8, 4) is 0 Å². The Morgan fingerprint density at radius 2 is 2.20 bits per heavy atom. The molecule has 0 aliphatic carbocycles. The number of hydrogen-bond donors (Lipinski definition) is 0. The summed E-state index contributed by atoms with van der Waals surface area (Å²) in [6.45, 7) is 7.84. The van der Waals surface area contributed by atoms with Crippen LogP contribution < -0.4 is 0 Å². The van der Waals surface area contributed by atoms with Gasteiger partial charge >= 0.3 is 0 Å². The van der Waals surface area contributed by atoms with E-state index in [1.165, 1.54) is 5.57 Å². The zero-order valence-corrected chi connectivity index (χ0v) is 10.1. The van der Waals surface area contributed by atoms with E-state index < -0.39 is 0 Å². The zero-order valence-electron chi connectivity index (χ0n) is 10.1. The summed E-state index contributed by atoms with van der Waals surface area (Å²) in [5.41, 5.74) is 1.49. The third-order valence-corrected chi connectivity index (χ3v) is 3.72. The minimum Gasteiger partial charge on any atom is -0.359 e. The highest BCUT2D eigenvalue weighted by Gasteiger charge is 2.27. The van der Waals surface area contributed by atoms with Crippen LogP contribution in [-0.2, 0) is 0 Å². The molecule has 15 heavy (non-hydrogen) atoms. The van der Waals surface area contributed by atoms with Crippen molar-refractivity contribution in [2.24, 2.45) is 16.3 Å². The van der Waals surface area contributed by atoms with Crippen LogP contribution in [0.4, 0.5) is 0 Å². The van der Waals surface area contributed by atoms with Crippen molar-refractivity contribution in [2.75, 3.05) is 13.6 Å². The lowest BCUT2D eigenvalue weighted by Gasteiger charge is -2.25. The van der Waals surface area contributed by atoms with Gasteiger partial charge in [0.1, 0.15) is 5.82 Å². The average Bonchev–Trinajstić information content (AvgIpc) is 2.42. The highest BCUT2D eigenvalue weighted by molar-refractivity contribution is 5.71. The summed E-state index contributed by atoms with van der Waals surface area (Å²) in [6.07, 6.45) is 7.82. The van der Waals surface area contributed by atoms with Gasteiger partial charge in [-0.3, -0.25) is 0 Å². The molecule has 2 heteroatoms. The number of rotatable bonds is 1. The van der Waals surface area contributed by atoms with Crippen LogP contribution in [0.2, 0.25) is 0 Å². The predicted molar refractivity (Wildman–Crippen MR) is 64.9 cm³/mol. The molecule has 0 aromatic heterocycles. The van der Waals surface area contributed by atoms with Gasteiger partial charge < -0.3 is 4.90 Å². The van der Waals surface area contributed by atoms with Crippen LogP contribution in [-0.4, -0.2) is 24.7 Å². The van der Waals surface area contributed by atoms with Crippen molar-refractivity contribution in [1.82, 2.24) is 4.90 Å². The third-order valence-electron chi connectivity index (χ3n) is 3.72. The molecule has 0 saturated heterocycles. The van der Waals surface area contributed by atoms with Gasteiger partial charge in [-0.15, -0.1) is 0 Å². The van der Waals surface area contributed by atoms with Crippen LogP contribution >= 0.6 is 0 Å². The summed E-state index contributed by atoms with van der Waals surface area (Å²) in [4.78, 5) is 6.90. The van der Waals surface area contributed by atoms with Gasteiger partial charge in [-0.2, -0.15) is 0 Å². The molecule has 0 radical (unpaired) electrons. The Bertz CT molecular complexity index is 350. The van der Waals surface area contributed by atoms with Crippen LogP contribution in [0.5, 0.6) is 0 Å². The zero-order chi connectivity index (χ0) is 11.1. The van der Waals surface area contributed by atoms with Crippen molar-refractivity contribution in [3.63, 3.8) is 0 Å². The third kappa shape index (κ3) is 1.73. The van der Waals surface area contributed by atoms with Crippen LogP contribution in [0, 0.1) is 11.3 Å². The standard InChI is InChI=1S/C13H20N2/c1-10(2)13(3)7-5-11-6-8-15(4)12(11)14-9-13/h5,7,9-10H,6,8H2,1-4H3. The van der Waals surface area contributed by atoms with Crippen molar-refractivity contribution in [1.29, 1.82) is 0 Å². The van der Waals surface area contributed by atoms with E-state index in [1.54, 1.807) is 0 Å². The van der Waals surface area contributed by atoms with E-state index in [0.717, 1.165) is 18.8 Å². The van der Waals surface area contributed by atoms with E-state index in [2.05, 4.69) is 56.1 Å². The maximum absolute atomic E-state index is 4.66. The molecule has 0 bridgehead atoms. The summed E-state index contributed by atoms with van der Waals surface area (Å²) < 4.78 is 0. The van der Waals surface area contributed by atoms with E-state index >= 15 is 0 Å². The topological polar surface area (TPSA) is 15.6 Å². The molecular formula is C13H20N2. The van der Waals surface area contributed by atoms with Gasteiger partial charge in [0.05, 0.1) is 0 Å². The van der Waals surface area contributed by atoms with E-state index in [-0.39, 0.29) is 5.41 Å². The van der Waals surface area contributed by atoms with E-state index in [0.29, 0.717) is 5.92 Å². The molecule has 2 aliphatic rings.